The molecule has 2 nitrogen and oxygen atoms in total. The van der Waals surface area contributed by atoms with Gasteiger partial charge in [-0.3, -0.25) is 4.90 Å². The fourth-order valence-electron chi connectivity index (χ4n) is 4.05. The molecular weight excluding hydrogens is 232 g/mol. The topological polar surface area (TPSA) is 29.3 Å². The van der Waals surface area contributed by atoms with Crippen LogP contribution >= 0.6 is 0 Å². The smallest absolute Gasteiger partial charge is 0.0362 e. The lowest BCUT2D eigenvalue weighted by atomic mass is 9.84. The molecule has 2 rings (SSSR count). The van der Waals surface area contributed by atoms with E-state index in [4.69, 9.17) is 5.73 Å². The molecule has 1 saturated carbocycles. The van der Waals surface area contributed by atoms with E-state index >= 15 is 0 Å². The van der Waals surface area contributed by atoms with Crippen molar-refractivity contribution in [2.75, 3.05) is 13.6 Å². The molecule has 1 aromatic rings. The van der Waals surface area contributed by atoms with Gasteiger partial charge in [0.05, 0.1) is 0 Å². The number of benzene rings is 1. The third kappa shape index (κ3) is 2.85. The molecule has 0 aromatic heterocycles. The Balaban J connectivity index is 2.18. The minimum absolute atomic E-state index is 0.152. The van der Waals surface area contributed by atoms with E-state index in [1.807, 2.05) is 0 Å². The minimum Gasteiger partial charge on any atom is -0.329 e. The standard InChI is InChI=1S/C17H28N2/c1-14-10-16(2,3)12-17(14,13-18)19(4)11-15-8-6-5-7-9-15/h5-9,14H,10-13,18H2,1-4H3. The summed E-state index contributed by atoms with van der Waals surface area (Å²) >= 11 is 0. The molecule has 0 spiro atoms. The summed E-state index contributed by atoms with van der Waals surface area (Å²) in [5, 5.41) is 0. The van der Waals surface area contributed by atoms with Crippen LogP contribution in [0.15, 0.2) is 30.3 Å². The fourth-order valence-corrected chi connectivity index (χ4v) is 4.05. The van der Waals surface area contributed by atoms with Gasteiger partial charge in [0.25, 0.3) is 0 Å². The van der Waals surface area contributed by atoms with Gasteiger partial charge in [-0.05, 0) is 36.8 Å². The van der Waals surface area contributed by atoms with E-state index in [1.165, 1.54) is 18.4 Å². The van der Waals surface area contributed by atoms with E-state index in [9.17, 15) is 0 Å². The highest BCUT2D eigenvalue weighted by Gasteiger charge is 2.49. The molecule has 0 saturated heterocycles. The summed E-state index contributed by atoms with van der Waals surface area (Å²) in [6.45, 7) is 8.84. The quantitative estimate of drug-likeness (QED) is 0.900. The highest BCUT2D eigenvalue weighted by molar-refractivity contribution is 5.16. The number of likely N-dealkylation sites (N-methyl/N-ethyl adjacent to an activating group) is 1. The first-order chi connectivity index (χ1) is 8.89. The fraction of sp³-hybridized carbons (Fsp3) is 0.647. The zero-order valence-electron chi connectivity index (χ0n) is 12.8. The van der Waals surface area contributed by atoms with Gasteiger partial charge in [0.15, 0.2) is 0 Å². The van der Waals surface area contributed by atoms with Crippen molar-refractivity contribution in [3.8, 4) is 0 Å². The normalized spacial score (nSPS) is 29.9. The van der Waals surface area contributed by atoms with Crippen molar-refractivity contribution in [3.63, 3.8) is 0 Å². The zero-order valence-corrected chi connectivity index (χ0v) is 12.8. The van der Waals surface area contributed by atoms with Gasteiger partial charge in [-0.1, -0.05) is 51.1 Å². The predicted octanol–water partition coefficient (Wildman–Crippen LogP) is 3.27. The van der Waals surface area contributed by atoms with Gasteiger partial charge in [0.2, 0.25) is 0 Å². The van der Waals surface area contributed by atoms with Crippen molar-refractivity contribution in [2.45, 2.75) is 45.7 Å². The molecule has 1 aliphatic rings. The monoisotopic (exact) mass is 260 g/mol. The third-order valence-electron chi connectivity index (χ3n) is 4.94. The molecule has 0 bridgehead atoms. The van der Waals surface area contributed by atoms with Gasteiger partial charge >= 0.3 is 0 Å². The first kappa shape index (κ1) is 14.5. The summed E-state index contributed by atoms with van der Waals surface area (Å²) in [5.41, 5.74) is 8.12. The molecule has 0 radical (unpaired) electrons. The second-order valence-electron chi connectivity index (χ2n) is 7.10. The van der Waals surface area contributed by atoms with Crippen molar-refractivity contribution in [1.82, 2.24) is 4.90 Å². The van der Waals surface area contributed by atoms with Crippen LogP contribution in [0.2, 0.25) is 0 Å². The largest absolute Gasteiger partial charge is 0.329 e. The summed E-state index contributed by atoms with van der Waals surface area (Å²) in [6.07, 6.45) is 2.46. The van der Waals surface area contributed by atoms with Crippen LogP contribution in [0.3, 0.4) is 0 Å². The molecule has 2 heteroatoms. The van der Waals surface area contributed by atoms with Gasteiger partial charge in [-0.2, -0.15) is 0 Å². The van der Waals surface area contributed by atoms with Crippen LogP contribution in [-0.4, -0.2) is 24.0 Å². The molecule has 2 N–H and O–H groups in total. The maximum atomic E-state index is 6.19. The lowest BCUT2D eigenvalue weighted by Crippen LogP contribution is -2.53. The number of hydrogen-bond acceptors (Lipinski definition) is 2. The Hall–Kier alpha value is -0.860. The summed E-state index contributed by atoms with van der Waals surface area (Å²) in [5.74, 6) is 0.654. The first-order valence-electron chi connectivity index (χ1n) is 7.35. The lowest BCUT2D eigenvalue weighted by molar-refractivity contribution is 0.0786. The minimum atomic E-state index is 0.152. The Bertz CT molecular complexity index is 413. The summed E-state index contributed by atoms with van der Waals surface area (Å²) in [7, 11) is 2.23. The molecule has 19 heavy (non-hydrogen) atoms. The number of nitrogens with two attached hydrogens (primary N) is 1. The van der Waals surface area contributed by atoms with Crippen molar-refractivity contribution in [2.24, 2.45) is 17.1 Å². The van der Waals surface area contributed by atoms with Crippen LogP contribution < -0.4 is 5.73 Å². The van der Waals surface area contributed by atoms with Crippen LogP contribution in [-0.2, 0) is 6.54 Å². The summed E-state index contributed by atoms with van der Waals surface area (Å²) in [4.78, 5) is 2.49. The van der Waals surface area contributed by atoms with E-state index in [0.717, 1.165) is 13.1 Å². The molecule has 1 aromatic carbocycles. The predicted molar refractivity (Wildman–Crippen MR) is 81.9 cm³/mol. The highest BCUT2D eigenvalue weighted by atomic mass is 15.2. The molecule has 0 amide bonds. The van der Waals surface area contributed by atoms with Crippen LogP contribution in [0.25, 0.3) is 0 Å². The average Bonchev–Trinajstić information content (AvgIpc) is 2.61. The number of nitrogens with zero attached hydrogens (tertiary/aromatic N) is 1. The molecule has 106 valence electrons. The molecule has 0 heterocycles. The maximum absolute atomic E-state index is 6.19. The summed E-state index contributed by atoms with van der Waals surface area (Å²) in [6, 6.07) is 10.7. The van der Waals surface area contributed by atoms with E-state index in [1.54, 1.807) is 0 Å². The third-order valence-corrected chi connectivity index (χ3v) is 4.94. The Morgan fingerprint density at radius 3 is 2.37 bits per heavy atom. The molecule has 0 aliphatic heterocycles. The average molecular weight is 260 g/mol. The Morgan fingerprint density at radius 2 is 1.89 bits per heavy atom. The highest BCUT2D eigenvalue weighted by Crippen LogP contribution is 2.49. The van der Waals surface area contributed by atoms with Crippen molar-refractivity contribution in [1.29, 1.82) is 0 Å². The SMILES string of the molecule is CC1CC(C)(C)CC1(CN)N(C)Cc1ccccc1. The molecule has 2 unspecified atom stereocenters. The maximum Gasteiger partial charge on any atom is 0.0362 e. The van der Waals surface area contributed by atoms with Crippen LogP contribution in [0.4, 0.5) is 0 Å². The van der Waals surface area contributed by atoms with Crippen molar-refractivity contribution >= 4 is 0 Å². The Morgan fingerprint density at radius 1 is 1.26 bits per heavy atom. The van der Waals surface area contributed by atoms with E-state index in [2.05, 4.69) is 63.1 Å². The van der Waals surface area contributed by atoms with Gasteiger partial charge in [-0.15, -0.1) is 0 Å². The lowest BCUT2D eigenvalue weighted by Gasteiger charge is -2.42. The van der Waals surface area contributed by atoms with E-state index in [-0.39, 0.29) is 5.54 Å². The molecule has 2 atom stereocenters. The second kappa shape index (κ2) is 5.26. The van der Waals surface area contributed by atoms with Crippen molar-refractivity contribution < 1.29 is 0 Å². The van der Waals surface area contributed by atoms with Gasteiger partial charge in [0, 0.05) is 18.6 Å². The zero-order chi connectivity index (χ0) is 14.1. The molecule has 1 fully saturated rings. The molecule has 1 aliphatic carbocycles. The van der Waals surface area contributed by atoms with E-state index in [0.29, 0.717) is 11.3 Å². The van der Waals surface area contributed by atoms with Crippen LogP contribution in [0.1, 0.15) is 39.2 Å². The summed E-state index contributed by atoms with van der Waals surface area (Å²) < 4.78 is 0. The molecular formula is C17H28N2. The number of rotatable bonds is 4. The number of hydrogen-bond donors (Lipinski definition) is 1. The Kier molecular flexibility index (Phi) is 4.03. The van der Waals surface area contributed by atoms with Gasteiger partial charge < -0.3 is 5.73 Å². The van der Waals surface area contributed by atoms with Crippen LogP contribution in [0.5, 0.6) is 0 Å². The van der Waals surface area contributed by atoms with Gasteiger partial charge in [-0.25, -0.2) is 0 Å². The van der Waals surface area contributed by atoms with Gasteiger partial charge in [0.1, 0.15) is 0 Å². The van der Waals surface area contributed by atoms with E-state index < -0.39 is 0 Å². The second-order valence-corrected chi connectivity index (χ2v) is 7.10. The van der Waals surface area contributed by atoms with Crippen molar-refractivity contribution in [3.05, 3.63) is 35.9 Å². The first-order valence-corrected chi connectivity index (χ1v) is 7.35. The Labute approximate surface area is 118 Å². The van der Waals surface area contributed by atoms with Crippen LogP contribution in [0, 0.1) is 11.3 Å².